The molecule has 1 aliphatic rings. The molecule has 1 aliphatic carbocycles. The van der Waals surface area contributed by atoms with Crippen LogP contribution in [0.1, 0.15) is 63.1 Å². The highest BCUT2D eigenvalue weighted by Gasteiger charge is 2.23. The van der Waals surface area contributed by atoms with Crippen molar-refractivity contribution in [2.24, 2.45) is 0 Å². The van der Waals surface area contributed by atoms with E-state index < -0.39 is 0 Å². The quantitative estimate of drug-likeness (QED) is 0.903. The van der Waals surface area contributed by atoms with E-state index >= 15 is 0 Å². The van der Waals surface area contributed by atoms with Crippen LogP contribution in [-0.4, -0.2) is 32.2 Å². The Bertz CT molecular complexity index is 680. The van der Waals surface area contributed by atoms with Gasteiger partial charge in [-0.05, 0) is 51.9 Å². The Labute approximate surface area is 137 Å². The molecule has 0 unspecified atom stereocenters. The maximum atomic E-state index is 9.75. The van der Waals surface area contributed by atoms with E-state index in [-0.39, 0.29) is 6.10 Å². The van der Waals surface area contributed by atoms with E-state index in [2.05, 4.69) is 29.1 Å². The van der Waals surface area contributed by atoms with Crippen molar-refractivity contribution < 1.29 is 5.11 Å². The number of nitrogens with zero attached hydrogens (tertiary/aromatic N) is 3. The molecule has 2 heterocycles. The highest BCUT2D eigenvalue weighted by atomic mass is 16.3. The van der Waals surface area contributed by atoms with Crippen LogP contribution >= 0.6 is 0 Å². The first-order valence-corrected chi connectivity index (χ1v) is 8.65. The van der Waals surface area contributed by atoms with Gasteiger partial charge in [-0.3, -0.25) is 4.98 Å². The molecule has 0 amide bonds. The molecule has 0 saturated heterocycles. The molecule has 124 valence electrons. The fourth-order valence-corrected chi connectivity index (χ4v) is 3.24. The standard InChI is InChI=1S/C18H26N4O/c1-4-11(2)21-18-20-9-15-12(3)19-10-16(17(15)22-18)13-5-7-14(23)8-6-13/h9-11,13-14,23H,4-8H2,1-3H3,(H,20,21,22)/t11-,13-,14-/m0/s1. The average molecular weight is 314 g/mol. The summed E-state index contributed by atoms with van der Waals surface area (Å²) in [6.07, 6.45) is 8.47. The normalized spacial score (nSPS) is 23.0. The minimum Gasteiger partial charge on any atom is -0.393 e. The molecule has 1 fully saturated rings. The summed E-state index contributed by atoms with van der Waals surface area (Å²) >= 11 is 0. The molecule has 5 heteroatoms. The Morgan fingerprint density at radius 1 is 1.22 bits per heavy atom. The van der Waals surface area contributed by atoms with Crippen LogP contribution in [0.4, 0.5) is 5.95 Å². The van der Waals surface area contributed by atoms with Crippen molar-refractivity contribution in [1.82, 2.24) is 15.0 Å². The van der Waals surface area contributed by atoms with Gasteiger partial charge in [0, 0.05) is 35.1 Å². The molecule has 23 heavy (non-hydrogen) atoms. The molecule has 1 saturated carbocycles. The van der Waals surface area contributed by atoms with Gasteiger partial charge in [0.1, 0.15) is 0 Å². The Morgan fingerprint density at radius 3 is 2.65 bits per heavy atom. The molecular weight excluding hydrogens is 288 g/mol. The smallest absolute Gasteiger partial charge is 0.223 e. The van der Waals surface area contributed by atoms with Crippen molar-refractivity contribution in [1.29, 1.82) is 0 Å². The van der Waals surface area contributed by atoms with Gasteiger partial charge in [-0.15, -0.1) is 0 Å². The van der Waals surface area contributed by atoms with Gasteiger partial charge < -0.3 is 10.4 Å². The number of aromatic nitrogens is 3. The van der Waals surface area contributed by atoms with Crippen LogP contribution in [0, 0.1) is 6.92 Å². The number of anilines is 1. The molecule has 0 bridgehead atoms. The van der Waals surface area contributed by atoms with E-state index in [1.807, 2.05) is 19.3 Å². The zero-order valence-electron chi connectivity index (χ0n) is 14.2. The van der Waals surface area contributed by atoms with Gasteiger partial charge in [-0.25, -0.2) is 9.97 Å². The number of aryl methyl sites for hydroxylation is 1. The number of aliphatic hydroxyl groups is 1. The Balaban J connectivity index is 1.99. The zero-order chi connectivity index (χ0) is 16.4. The summed E-state index contributed by atoms with van der Waals surface area (Å²) in [5.74, 6) is 1.12. The Morgan fingerprint density at radius 2 is 1.96 bits per heavy atom. The molecule has 2 aromatic heterocycles. The Kier molecular flexibility index (Phi) is 4.76. The molecule has 3 rings (SSSR count). The van der Waals surface area contributed by atoms with Crippen LogP contribution in [0.25, 0.3) is 10.9 Å². The molecular formula is C18H26N4O. The molecule has 0 spiro atoms. The topological polar surface area (TPSA) is 70.9 Å². The lowest BCUT2D eigenvalue weighted by Crippen LogP contribution is -2.18. The van der Waals surface area contributed by atoms with E-state index in [9.17, 15) is 5.11 Å². The van der Waals surface area contributed by atoms with E-state index in [0.717, 1.165) is 48.7 Å². The summed E-state index contributed by atoms with van der Waals surface area (Å²) in [5, 5.41) is 14.1. The third-order valence-corrected chi connectivity index (χ3v) is 4.97. The highest BCUT2D eigenvalue weighted by molar-refractivity contribution is 5.84. The zero-order valence-corrected chi connectivity index (χ0v) is 14.2. The van der Waals surface area contributed by atoms with Gasteiger partial charge in [-0.1, -0.05) is 6.92 Å². The predicted octanol–water partition coefficient (Wildman–Crippen LogP) is 3.56. The second-order valence-corrected chi connectivity index (χ2v) is 6.71. The fourth-order valence-electron chi connectivity index (χ4n) is 3.24. The molecule has 2 N–H and O–H groups in total. The van der Waals surface area contributed by atoms with Crippen LogP contribution in [0.5, 0.6) is 0 Å². The summed E-state index contributed by atoms with van der Waals surface area (Å²) in [5.41, 5.74) is 3.18. The van der Waals surface area contributed by atoms with Gasteiger partial charge in [0.2, 0.25) is 5.95 Å². The van der Waals surface area contributed by atoms with Gasteiger partial charge in [-0.2, -0.15) is 0 Å². The first-order valence-electron chi connectivity index (χ1n) is 8.65. The number of hydrogen-bond acceptors (Lipinski definition) is 5. The van der Waals surface area contributed by atoms with Crippen molar-refractivity contribution in [3.05, 3.63) is 23.7 Å². The van der Waals surface area contributed by atoms with Crippen molar-refractivity contribution >= 4 is 16.9 Å². The van der Waals surface area contributed by atoms with Crippen LogP contribution < -0.4 is 5.32 Å². The summed E-state index contributed by atoms with van der Waals surface area (Å²) in [7, 11) is 0. The summed E-state index contributed by atoms with van der Waals surface area (Å²) < 4.78 is 0. The maximum absolute atomic E-state index is 9.75. The van der Waals surface area contributed by atoms with Crippen LogP contribution in [0.3, 0.4) is 0 Å². The van der Waals surface area contributed by atoms with Gasteiger partial charge in [0.15, 0.2) is 0 Å². The summed E-state index contributed by atoms with van der Waals surface area (Å²) in [4.78, 5) is 13.8. The fraction of sp³-hybridized carbons (Fsp3) is 0.611. The van der Waals surface area contributed by atoms with Crippen molar-refractivity contribution in [2.75, 3.05) is 5.32 Å². The van der Waals surface area contributed by atoms with Gasteiger partial charge in [0.25, 0.3) is 0 Å². The van der Waals surface area contributed by atoms with Crippen molar-refractivity contribution in [2.45, 2.75) is 70.9 Å². The van der Waals surface area contributed by atoms with E-state index in [4.69, 9.17) is 4.98 Å². The van der Waals surface area contributed by atoms with Crippen LogP contribution in [0.15, 0.2) is 12.4 Å². The molecule has 2 aromatic rings. The van der Waals surface area contributed by atoms with Crippen molar-refractivity contribution in [3.8, 4) is 0 Å². The lowest BCUT2D eigenvalue weighted by molar-refractivity contribution is 0.122. The monoisotopic (exact) mass is 314 g/mol. The number of aliphatic hydroxyl groups excluding tert-OH is 1. The minimum absolute atomic E-state index is 0.145. The van der Waals surface area contributed by atoms with Crippen LogP contribution in [0.2, 0.25) is 0 Å². The number of nitrogens with one attached hydrogen (secondary N) is 1. The highest BCUT2D eigenvalue weighted by Crippen LogP contribution is 2.36. The molecule has 0 aliphatic heterocycles. The average Bonchev–Trinajstić information content (AvgIpc) is 2.56. The van der Waals surface area contributed by atoms with Crippen molar-refractivity contribution in [3.63, 3.8) is 0 Å². The SMILES string of the molecule is CC[C@H](C)Nc1ncc2c(C)ncc([C@H]3CC[C@H](O)CC3)c2n1. The van der Waals surface area contributed by atoms with E-state index in [0.29, 0.717) is 17.9 Å². The molecule has 1 atom stereocenters. The third kappa shape index (κ3) is 3.44. The first kappa shape index (κ1) is 16.1. The number of pyridine rings is 1. The second kappa shape index (κ2) is 6.79. The number of hydrogen-bond donors (Lipinski definition) is 2. The number of rotatable bonds is 4. The second-order valence-electron chi connectivity index (χ2n) is 6.71. The van der Waals surface area contributed by atoms with Gasteiger partial charge in [0.05, 0.1) is 11.6 Å². The predicted molar refractivity (Wildman–Crippen MR) is 92.7 cm³/mol. The largest absolute Gasteiger partial charge is 0.393 e. The maximum Gasteiger partial charge on any atom is 0.223 e. The van der Waals surface area contributed by atoms with E-state index in [1.165, 1.54) is 5.56 Å². The first-order chi connectivity index (χ1) is 11.1. The molecule has 0 radical (unpaired) electrons. The lowest BCUT2D eigenvalue weighted by Gasteiger charge is -2.26. The molecule has 5 nitrogen and oxygen atoms in total. The summed E-state index contributed by atoms with van der Waals surface area (Å²) in [6.45, 7) is 6.28. The number of fused-ring (bicyclic) bond motifs is 1. The lowest BCUT2D eigenvalue weighted by atomic mass is 9.82. The summed E-state index contributed by atoms with van der Waals surface area (Å²) in [6, 6.07) is 0.351. The minimum atomic E-state index is -0.145. The van der Waals surface area contributed by atoms with Crippen LogP contribution in [-0.2, 0) is 0 Å². The third-order valence-electron chi connectivity index (χ3n) is 4.97. The Hall–Kier alpha value is -1.75. The van der Waals surface area contributed by atoms with Gasteiger partial charge >= 0.3 is 0 Å². The molecule has 0 aromatic carbocycles. The van der Waals surface area contributed by atoms with E-state index in [1.54, 1.807) is 0 Å².